The first-order valence-corrected chi connectivity index (χ1v) is 8.36. The van der Waals surface area contributed by atoms with Crippen molar-refractivity contribution in [1.82, 2.24) is 19.5 Å². The van der Waals surface area contributed by atoms with E-state index in [4.69, 9.17) is 10.8 Å². The van der Waals surface area contributed by atoms with Crippen LogP contribution >= 0.6 is 0 Å². The topological polar surface area (TPSA) is 139 Å². The van der Waals surface area contributed by atoms with E-state index in [0.29, 0.717) is 29.4 Å². The Balaban J connectivity index is 1.59. The number of nitrogens with two attached hydrogens (primary N) is 1. The highest BCUT2D eigenvalue weighted by atomic mass is 16.4. The van der Waals surface area contributed by atoms with E-state index in [-0.39, 0.29) is 24.3 Å². The second-order valence-electron chi connectivity index (χ2n) is 6.69. The Morgan fingerprint density at radius 1 is 1.40 bits per heavy atom. The maximum absolute atomic E-state index is 10.8. The van der Waals surface area contributed by atoms with Crippen LogP contribution in [0.1, 0.15) is 31.7 Å². The summed E-state index contributed by atoms with van der Waals surface area (Å²) >= 11 is 0. The molecule has 4 rings (SSSR count). The van der Waals surface area contributed by atoms with E-state index in [2.05, 4.69) is 20.3 Å². The second kappa shape index (κ2) is 5.99. The van der Waals surface area contributed by atoms with E-state index >= 15 is 0 Å². The number of fused-ring (bicyclic) bond motifs is 1. The van der Waals surface area contributed by atoms with Gasteiger partial charge in [0.25, 0.3) is 0 Å². The van der Waals surface area contributed by atoms with E-state index in [0.717, 1.165) is 12.8 Å². The summed E-state index contributed by atoms with van der Waals surface area (Å²) in [5.74, 6) is -0.384. The molecule has 0 aromatic carbocycles. The lowest BCUT2D eigenvalue weighted by Crippen LogP contribution is -2.22. The number of rotatable bonds is 6. The van der Waals surface area contributed by atoms with Crippen molar-refractivity contribution in [2.45, 2.75) is 43.9 Å². The molecule has 0 radical (unpaired) electrons. The van der Waals surface area contributed by atoms with Crippen LogP contribution < -0.4 is 11.1 Å². The molecule has 25 heavy (non-hydrogen) atoms. The van der Waals surface area contributed by atoms with Gasteiger partial charge in [0.05, 0.1) is 24.9 Å². The number of hydrogen-bond donors (Lipinski definition) is 4. The summed E-state index contributed by atoms with van der Waals surface area (Å²) in [4.78, 5) is 23.8. The van der Waals surface area contributed by atoms with Gasteiger partial charge in [-0.1, -0.05) is 12.2 Å². The molecular weight excluding hydrogens is 324 g/mol. The van der Waals surface area contributed by atoms with Crippen molar-refractivity contribution in [3.8, 4) is 0 Å². The molecule has 0 bridgehead atoms. The van der Waals surface area contributed by atoms with Crippen LogP contribution in [0.3, 0.4) is 0 Å². The highest BCUT2D eigenvalue weighted by Crippen LogP contribution is 2.34. The van der Waals surface area contributed by atoms with Gasteiger partial charge in [-0.15, -0.1) is 0 Å². The highest BCUT2D eigenvalue weighted by molar-refractivity contribution is 5.84. The summed E-state index contributed by atoms with van der Waals surface area (Å²) in [6, 6.07) is 0.367. The largest absolute Gasteiger partial charge is 0.481 e. The zero-order valence-electron chi connectivity index (χ0n) is 13.5. The fourth-order valence-electron chi connectivity index (χ4n) is 3.23. The molecule has 3 unspecified atom stereocenters. The van der Waals surface area contributed by atoms with E-state index in [9.17, 15) is 9.90 Å². The van der Waals surface area contributed by atoms with Crippen LogP contribution in [0.15, 0.2) is 18.5 Å². The predicted molar refractivity (Wildman–Crippen MR) is 90.9 cm³/mol. The number of nitrogens with zero attached hydrogens (tertiary/aromatic N) is 4. The maximum Gasteiger partial charge on any atom is 0.305 e. The molecule has 9 heteroatoms. The lowest BCUT2D eigenvalue weighted by atomic mass is 9.98. The predicted octanol–water partition coefficient (Wildman–Crippen LogP) is 0.936. The average Bonchev–Trinajstić information content (AvgIpc) is 3.07. The van der Waals surface area contributed by atoms with E-state index in [1.54, 1.807) is 6.33 Å². The van der Waals surface area contributed by atoms with Gasteiger partial charge in [-0.3, -0.25) is 4.79 Å². The lowest BCUT2D eigenvalue weighted by Gasteiger charge is -2.17. The Labute approximate surface area is 143 Å². The molecule has 2 aliphatic carbocycles. The molecule has 3 atom stereocenters. The number of aliphatic carboxylic acids is 1. The first-order chi connectivity index (χ1) is 12.0. The van der Waals surface area contributed by atoms with Crippen LogP contribution in [0.25, 0.3) is 11.2 Å². The fourth-order valence-corrected chi connectivity index (χ4v) is 3.23. The van der Waals surface area contributed by atoms with Crippen molar-refractivity contribution in [2.75, 3.05) is 11.1 Å². The number of imidazole rings is 1. The summed E-state index contributed by atoms with van der Waals surface area (Å²) in [7, 11) is 0. The summed E-state index contributed by atoms with van der Waals surface area (Å²) < 4.78 is 1.90. The molecular formula is C16H20N6O3. The summed E-state index contributed by atoms with van der Waals surface area (Å²) in [6.07, 6.45) is 7.15. The van der Waals surface area contributed by atoms with E-state index in [1.165, 1.54) is 0 Å². The molecule has 9 nitrogen and oxygen atoms in total. The molecule has 5 N–H and O–H groups in total. The minimum absolute atomic E-state index is 0.0541. The number of aliphatic hydroxyl groups is 1. The minimum Gasteiger partial charge on any atom is -0.481 e. The zero-order chi connectivity index (χ0) is 17.6. The number of anilines is 2. The van der Waals surface area contributed by atoms with Crippen molar-refractivity contribution in [2.24, 2.45) is 5.92 Å². The van der Waals surface area contributed by atoms with Crippen LogP contribution in [-0.2, 0) is 4.79 Å². The number of carbonyl (C=O) groups is 1. The molecule has 2 aromatic rings. The number of aliphatic hydroxyl groups excluding tert-OH is 1. The van der Waals surface area contributed by atoms with Gasteiger partial charge in [0.15, 0.2) is 17.0 Å². The first kappa shape index (κ1) is 15.8. The van der Waals surface area contributed by atoms with Gasteiger partial charge in [0.1, 0.15) is 0 Å². The number of hydrogen-bond acceptors (Lipinski definition) is 7. The summed E-state index contributed by atoms with van der Waals surface area (Å²) in [5.41, 5.74) is 7.16. The van der Waals surface area contributed by atoms with Crippen LogP contribution in [-0.4, -0.2) is 47.8 Å². The quantitative estimate of drug-likeness (QED) is 0.568. The first-order valence-electron chi connectivity index (χ1n) is 8.36. The third kappa shape index (κ3) is 3.14. The van der Waals surface area contributed by atoms with Crippen LogP contribution in [0, 0.1) is 5.92 Å². The number of allylic oxidation sites excluding steroid dienone is 1. The molecule has 0 amide bonds. The van der Waals surface area contributed by atoms with Gasteiger partial charge in [-0.25, -0.2) is 4.98 Å². The minimum atomic E-state index is -1.01. The van der Waals surface area contributed by atoms with Crippen LogP contribution in [0.2, 0.25) is 0 Å². The number of carboxylic acid groups (broad SMARTS) is 1. The summed E-state index contributed by atoms with van der Waals surface area (Å²) in [6.45, 7) is 0. The van der Waals surface area contributed by atoms with Crippen molar-refractivity contribution in [3.05, 3.63) is 18.5 Å². The lowest BCUT2D eigenvalue weighted by molar-refractivity contribution is -0.139. The molecule has 0 aliphatic heterocycles. The van der Waals surface area contributed by atoms with Gasteiger partial charge >= 0.3 is 5.97 Å². The van der Waals surface area contributed by atoms with Gasteiger partial charge in [0, 0.05) is 12.0 Å². The standard InChI is InChI=1S/C16H20N6O3/c17-16-20-14(19-9-2-3-9)13-15(21-16)22(7-18-13)10-4-1-8(5-10)11(23)6-12(24)25/h1,4,7-11,23H,2-3,5-6H2,(H,24,25)(H3,17,19,20,21). The number of nitrogen functional groups attached to an aromatic ring is 1. The molecule has 1 fully saturated rings. The van der Waals surface area contributed by atoms with Crippen LogP contribution in [0.4, 0.5) is 11.8 Å². The molecule has 2 aliphatic rings. The third-order valence-electron chi connectivity index (χ3n) is 4.69. The third-order valence-corrected chi connectivity index (χ3v) is 4.69. The zero-order valence-corrected chi connectivity index (χ0v) is 13.5. The van der Waals surface area contributed by atoms with Gasteiger partial charge < -0.3 is 25.8 Å². The van der Waals surface area contributed by atoms with Crippen molar-refractivity contribution in [1.29, 1.82) is 0 Å². The average molecular weight is 344 g/mol. The Morgan fingerprint density at radius 3 is 2.92 bits per heavy atom. The second-order valence-corrected chi connectivity index (χ2v) is 6.69. The smallest absolute Gasteiger partial charge is 0.305 e. The highest BCUT2D eigenvalue weighted by Gasteiger charge is 2.29. The molecule has 132 valence electrons. The number of carboxylic acids is 1. The normalized spacial score (nSPS) is 23.9. The van der Waals surface area contributed by atoms with Gasteiger partial charge in [-0.05, 0) is 19.3 Å². The van der Waals surface area contributed by atoms with Gasteiger partial charge in [0.2, 0.25) is 5.95 Å². The fraction of sp³-hybridized carbons (Fsp3) is 0.500. The Morgan fingerprint density at radius 2 is 2.20 bits per heavy atom. The van der Waals surface area contributed by atoms with Gasteiger partial charge in [-0.2, -0.15) is 9.97 Å². The molecule has 0 saturated heterocycles. The Hall–Kier alpha value is -2.68. The molecule has 2 aromatic heterocycles. The number of nitrogens with one attached hydrogen (secondary N) is 1. The monoisotopic (exact) mass is 344 g/mol. The van der Waals surface area contributed by atoms with Crippen molar-refractivity contribution < 1.29 is 15.0 Å². The van der Waals surface area contributed by atoms with Crippen molar-refractivity contribution >= 4 is 28.9 Å². The van der Waals surface area contributed by atoms with E-state index < -0.39 is 12.1 Å². The molecule has 0 spiro atoms. The van der Waals surface area contributed by atoms with Crippen molar-refractivity contribution in [3.63, 3.8) is 0 Å². The molecule has 2 heterocycles. The van der Waals surface area contributed by atoms with Crippen LogP contribution in [0.5, 0.6) is 0 Å². The van der Waals surface area contributed by atoms with E-state index in [1.807, 2.05) is 16.7 Å². The summed E-state index contributed by atoms with van der Waals surface area (Å²) in [5, 5.41) is 22.2. The molecule has 1 saturated carbocycles. The maximum atomic E-state index is 10.8. The SMILES string of the molecule is Nc1nc(NC2CC2)c2ncn(C3C=CC(C(O)CC(=O)O)C3)c2n1. The number of aromatic nitrogens is 4. The Kier molecular flexibility index (Phi) is 3.79. The Bertz CT molecular complexity index is 844.